The quantitative estimate of drug-likeness (QED) is 0.686. The second kappa shape index (κ2) is 6.03. The van der Waals surface area contributed by atoms with Crippen LogP contribution in [0, 0.1) is 0 Å². The van der Waals surface area contributed by atoms with Crippen molar-refractivity contribution in [3.8, 4) is 5.88 Å². The lowest BCUT2D eigenvalue weighted by atomic mass is 10.0. The maximum Gasteiger partial charge on any atom is 0.242 e. The second-order valence-corrected chi connectivity index (χ2v) is 4.67. The molecule has 0 saturated carbocycles. The van der Waals surface area contributed by atoms with Crippen LogP contribution < -0.4 is 15.8 Å². The lowest BCUT2D eigenvalue weighted by Gasteiger charge is -2.21. The normalized spacial score (nSPS) is 22.4. The summed E-state index contributed by atoms with van der Waals surface area (Å²) in [5.74, 6) is 0.843. The van der Waals surface area contributed by atoms with E-state index in [0.717, 1.165) is 6.42 Å². The minimum Gasteiger partial charge on any atom is -0.476 e. The summed E-state index contributed by atoms with van der Waals surface area (Å²) >= 11 is 0. The SMILES string of the molecule is CCCOc1ncnc(NCC2(O)CCOC2)c1N. The Morgan fingerprint density at radius 2 is 2.42 bits per heavy atom. The Balaban J connectivity index is 1.99. The van der Waals surface area contributed by atoms with Crippen LogP contribution in [0.1, 0.15) is 19.8 Å². The Morgan fingerprint density at radius 1 is 1.58 bits per heavy atom. The molecule has 19 heavy (non-hydrogen) atoms. The fourth-order valence-corrected chi connectivity index (χ4v) is 1.82. The van der Waals surface area contributed by atoms with Crippen LogP contribution in [0.2, 0.25) is 0 Å². The molecule has 0 amide bonds. The highest BCUT2D eigenvalue weighted by molar-refractivity contribution is 5.66. The van der Waals surface area contributed by atoms with E-state index in [-0.39, 0.29) is 0 Å². The number of nitrogens with two attached hydrogens (primary N) is 1. The van der Waals surface area contributed by atoms with Crippen LogP contribution in [0.15, 0.2) is 6.33 Å². The van der Waals surface area contributed by atoms with Gasteiger partial charge in [-0.05, 0) is 6.42 Å². The molecule has 1 fully saturated rings. The Bertz CT molecular complexity index is 421. The summed E-state index contributed by atoms with van der Waals surface area (Å²) in [5.41, 5.74) is 5.43. The van der Waals surface area contributed by atoms with Crippen LogP contribution >= 0.6 is 0 Å². The highest BCUT2D eigenvalue weighted by atomic mass is 16.5. The Hall–Kier alpha value is -1.60. The van der Waals surface area contributed by atoms with Crippen LogP contribution in [0.4, 0.5) is 11.5 Å². The van der Waals surface area contributed by atoms with E-state index in [0.29, 0.717) is 50.2 Å². The number of hydrogen-bond donors (Lipinski definition) is 3. The van der Waals surface area contributed by atoms with Gasteiger partial charge in [0.2, 0.25) is 5.88 Å². The fourth-order valence-electron chi connectivity index (χ4n) is 1.82. The Labute approximate surface area is 112 Å². The van der Waals surface area contributed by atoms with Crippen LogP contribution in [-0.4, -0.2) is 47.0 Å². The number of ether oxygens (including phenoxy) is 2. The molecular formula is C12H20N4O3. The molecule has 106 valence electrons. The number of aromatic nitrogens is 2. The van der Waals surface area contributed by atoms with Crippen molar-refractivity contribution in [2.45, 2.75) is 25.4 Å². The van der Waals surface area contributed by atoms with E-state index in [9.17, 15) is 5.11 Å². The molecule has 0 radical (unpaired) electrons. The average Bonchev–Trinajstić information content (AvgIpc) is 2.84. The Kier molecular flexibility index (Phi) is 4.39. The summed E-state index contributed by atoms with van der Waals surface area (Å²) in [4.78, 5) is 8.05. The average molecular weight is 268 g/mol. The van der Waals surface area contributed by atoms with Crippen LogP contribution in [-0.2, 0) is 4.74 Å². The first-order valence-corrected chi connectivity index (χ1v) is 6.42. The number of hydrogen-bond acceptors (Lipinski definition) is 7. The molecule has 1 atom stereocenters. The lowest BCUT2D eigenvalue weighted by Crippen LogP contribution is -2.37. The van der Waals surface area contributed by atoms with Gasteiger partial charge in [0.15, 0.2) is 5.82 Å². The molecule has 2 rings (SSSR count). The number of aliphatic hydroxyl groups is 1. The van der Waals surface area contributed by atoms with E-state index < -0.39 is 5.60 Å². The second-order valence-electron chi connectivity index (χ2n) is 4.67. The summed E-state index contributed by atoms with van der Waals surface area (Å²) in [6, 6.07) is 0. The standard InChI is InChI=1S/C12H20N4O3/c1-2-4-19-11-9(13)10(15-8-16-11)14-6-12(17)3-5-18-7-12/h8,17H,2-7,13H2,1H3,(H,14,15,16). The third-order valence-corrected chi connectivity index (χ3v) is 2.96. The molecule has 1 aromatic heterocycles. The van der Waals surface area contributed by atoms with Crippen molar-refractivity contribution < 1.29 is 14.6 Å². The third-order valence-electron chi connectivity index (χ3n) is 2.96. The lowest BCUT2D eigenvalue weighted by molar-refractivity contribution is 0.0381. The number of nitrogens with zero attached hydrogens (tertiary/aromatic N) is 2. The van der Waals surface area contributed by atoms with Gasteiger partial charge >= 0.3 is 0 Å². The van der Waals surface area contributed by atoms with Gasteiger partial charge in [0.1, 0.15) is 17.6 Å². The predicted molar refractivity (Wildman–Crippen MR) is 71.1 cm³/mol. The predicted octanol–water partition coefficient (Wildman–Crippen LogP) is 0.411. The monoisotopic (exact) mass is 268 g/mol. The van der Waals surface area contributed by atoms with Crippen molar-refractivity contribution in [3.63, 3.8) is 0 Å². The van der Waals surface area contributed by atoms with E-state index in [1.54, 1.807) is 0 Å². The number of rotatable bonds is 6. The maximum absolute atomic E-state index is 10.2. The van der Waals surface area contributed by atoms with Gasteiger partial charge in [-0.1, -0.05) is 6.92 Å². The van der Waals surface area contributed by atoms with Gasteiger partial charge in [0.25, 0.3) is 0 Å². The van der Waals surface area contributed by atoms with Crippen molar-refractivity contribution in [2.75, 3.05) is 37.4 Å². The van der Waals surface area contributed by atoms with Crippen molar-refractivity contribution >= 4 is 11.5 Å². The number of anilines is 2. The zero-order chi connectivity index (χ0) is 13.7. The van der Waals surface area contributed by atoms with Gasteiger partial charge in [-0.25, -0.2) is 4.98 Å². The molecular weight excluding hydrogens is 248 g/mol. The molecule has 1 saturated heterocycles. The zero-order valence-electron chi connectivity index (χ0n) is 11.1. The summed E-state index contributed by atoms with van der Waals surface area (Å²) in [6.45, 7) is 3.79. The maximum atomic E-state index is 10.2. The van der Waals surface area contributed by atoms with Gasteiger partial charge in [-0.2, -0.15) is 4.98 Å². The third kappa shape index (κ3) is 3.45. The molecule has 1 aromatic rings. The van der Waals surface area contributed by atoms with Crippen LogP contribution in [0.25, 0.3) is 0 Å². The molecule has 1 aliphatic heterocycles. The highest BCUT2D eigenvalue weighted by Crippen LogP contribution is 2.26. The molecule has 0 aromatic carbocycles. The first-order chi connectivity index (χ1) is 9.14. The number of nitrogens with one attached hydrogen (secondary N) is 1. The minimum absolute atomic E-state index is 0.324. The molecule has 4 N–H and O–H groups in total. The molecule has 2 heterocycles. The largest absolute Gasteiger partial charge is 0.476 e. The van der Waals surface area contributed by atoms with E-state index in [2.05, 4.69) is 15.3 Å². The smallest absolute Gasteiger partial charge is 0.242 e. The highest BCUT2D eigenvalue weighted by Gasteiger charge is 2.32. The summed E-state index contributed by atoms with van der Waals surface area (Å²) in [5, 5.41) is 13.2. The first-order valence-electron chi connectivity index (χ1n) is 6.42. The van der Waals surface area contributed by atoms with Crippen LogP contribution in [0.3, 0.4) is 0 Å². The molecule has 1 aliphatic rings. The number of nitrogen functional groups attached to an aromatic ring is 1. The van der Waals surface area contributed by atoms with Crippen molar-refractivity contribution in [2.24, 2.45) is 0 Å². The molecule has 0 spiro atoms. The topological polar surface area (TPSA) is 103 Å². The van der Waals surface area contributed by atoms with E-state index >= 15 is 0 Å². The van der Waals surface area contributed by atoms with Crippen molar-refractivity contribution in [3.05, 3.63) is 6.33 Å². The zero-order valence-corrected chi connectivity index (χ0v) is 11.1. The van der Waals surface area contributed by atoms with Crippen LogP contribution in [0.5, 0.6) is 5.88 Å². The van der Waals surface area contributed by atoms with Gasteiger partial charge in [0.05, 0.1) is 13.2 Å². The van der Waals surface area contributed by atoms with Crippen molar-refractivity contribution in [1.82, 2.24) is 9.97 Å². The fraction of sp³-hybridized carbons (Fsp3) is 0.667. The van der Waals surface area contributed by atoms with Gasteiger partial charge in [-0.3, -0.25) is 0 Å². The Morgan fingerprint density at radius 3 is 3.11 bits per heavy atom. The molecule has 7 nitrogen and oxygen atoms in total. The first kappa shape index (κ1) is 13.8. The molecule has 1 unspecified atom stereocenters. The van der Waals surface area contributed by atoms with Gasteiger partial charge in [0, 0.05) is 19.6 Å². The minimum atomic E-state index is -0.859. The molecule has 7 heteroatoms. The summed E-state index contributed by atoms with van der Waals surface area (Å²) < 4.78 is 10.6. The molecule has 0 bridgehead atoms. The summed E-state index contributed by atoms with van der Waals surface area (Å²) in [6.07, 6.45) is 2.87. The molecule has 0 aliphatic carbocycles. The van der Waals surface area contributed by atoms with Gasteiger partial charge < -0.3 is 25.6 Å². The van der Waals surface area contributed by atoms with Crippen molar-refractivity contribution in [1.29, 1.82) is 0 Å². The van der Waals surface area contributed by atoms with E-state index in [1.165, 1.54) is 6.33 Å². The summed E-state index contributed by atoms with van der Waals surface area (Å²) in [7, 11) is 0. The van der Waals surface area contributed by atoms with E-state index in [1.807, 2.05) is 6.92 Å². The van der Waals surface area contributed by atoms with E-state index in [4.69, 9.17) is 15.2 Å². The van der Waals surface area contributed by atoms with Gasteiger partial charge in [-0.15, -0.1) is 0 Å².